The van der Waals surface area contributed by atoms with Crippen LogP contribution in [0.4, 0.5) is 5.82 Å². The zero-order valence-electron chi connectivity index (χ0n) is 23.0. The van der Waals surface area contributed by atoms with Gasteiger partial charge in [-0.3, -0.25) is 9.69 Å². The number of nitrogens with zero attached hydrogens (tertiary/aromatic N) is 8. The van der Waals surface area contributed by atoms with Gasteiger partial charge in [-0.2, -0.15) is 10.4 Å². The molecule has 2 aromatic carbocycles. The Morgan fingerprint density at radius 1 is 0.929 bits per heavy atom. The molecule has 10 heteroatoms. The van der Waals surface area contributed by atoms with Gasteiger partial charge in [-0.1, -0.05) is 54.6 Å². The number of benzene rings is 2. The second-order valence-electron chi connectivity index (χ2n) is 11.2. The number of hydrogen-bond acceptors (Lipinski definition) is 8. The van der Waals surface area contributed by atoms with Gasteiger partial charge in [-0.15, -0.1) is 0 Å². The molecule has 2 N–H and O–H groups in total. The SMILES string of the molecule is N#Cc1nccc(N2CC[C@]3(CCN(Cc4ccc(-c5nc6ccc(C(N)=O)nn6c5-c5ccccc5)cc4)C3)C2)n1. The Morgan fingerprint density at radius 3 is 2.52 bits per heavy atom. The summed E-state index contributed by atoms with van der Waals surface area (Å²) in [5, 5.41) is 13.7. The number of rotatable bonds is 6. The van der Waals surface area contributed by atoms with E-state index in [9.17, 15) is 10.1 Å². The van der Waals surface area contributed by atoms with Crippen LogP contribution in [0, 0.1) is 16.7 Å². The molecule has 10 nitrogen and oxygen atoms in total. The molecule has 2 saturated heterocycles. The molecule has 1 atom stereocenters. The van der Waals surface area contributed by atoms with Crippen LogP contribution in [0.15, 0.2) is 79.0 Å². The first kappa shape index (κ1) is 25.8. The quantitative estimate of drug-likeness (QED) is 0.334. The Labute approximate surface area is 243 Å². The van der Waals surface area contributed by atoms with E-state index >= 15 is 0 Å². The van der Waals surface area contributed by atoms with Gasteiger partial charge in [-0.25, -0.2) is 19.5 Å². The topological polar surface area (TPSA) is 129 Å². The van der Waals surface area contributed by atoms with Gasteiger partial charge in [0.15, 0.2) is 5.65 Å². The lowest BCUT2D eigenvalue weighted by Crippen LogP contribution is -2.31. The molecule has 0 bridgehead atoms. The number of anilines is 1. The van der Waals surface area contributed by atoms with E-state index in [2.05, 4.69) is 49.1 Å². The predicted molar refractivity (Wildman–Crippen MR) is 158 cm³/mol. The molecule has 7 rings (SSSR count). The number of aromatic nitrogens is 5. The van der Waals surface area contributed by atoms with Crippen LogP contribution in [0.1, 0.15) is 34.7 Å². The van der Waals surface area contributed by atoms with Gasteiger partial charge in [0.1, 0.15) is 23.3 Å². The lowest BCUT2D eigenvalue weighted by Gasteiger charge is -2.25. The van der Waals surface area contributed by atoms with E-state index in [1.54, 1.807) is 22.8 Å². The van der Waals surface area contributed by atoms with E-state index in [-0.39, 0.29) is 16.9 Å². The summed E-state index contributed by atoms with van der Waals surface area (Å²) in [6.45, 7) is 4.88. The highest BCUT2D eigenvalue weighted by Crippen LogP contribution is 2.41. The number of amides is 1. The maximum Gasteiger partial charge on any atom is 0.269 e. The summed E-state index contributed by atoms with van der Waals surface area (Å²) >= 11 is 0. The van der Waals surface area contributed by atoms with Crippen molar-refractivity contribution >= 4 is 17.4 Å². The van der Waals surface area contributed by atoms with Crippen molar-refractivity contribution in [3.8, 4) is 28.6 Å². The lowest BCUT2D eigenvalue weighted by atomic mass is 9.86. The van der Waals surface area contributed by atoms with E-state index in [1.165, 1.54) is 5.56 Å². The third-order valence-electron chi connectivity index (χ3n) is 8.43. The second-order valence-corrected chi connectivity index (χ2v) is 11.2. The summed E-state index contributed by atoms with van der Waals surface area (Å²) in [6, 6.07) is 25.8. The molecule has 0 radical (unpaired) electrons. The third-order valence-corrected chi connectivity index (χ3v) is 8.43. The van der Waals surface area contributed by atoms with Gasteiger partial charge in [0, 0.05) is 48.9 Å². The highest BCUT2D eigenvalue weighted by molar-refractivity contribution is 5.91. The molecule has 2 aliphatic heterocycles. The number of imidazole rings is 1. The minimum atomic E-state index is -0.577. The fourth-order valence-corrected chi connectivity index (χ4v) is 6.35. The van der Waals surface area contributed by atoms with Crippen molar-refractivity contribution in [3.05, 3.63) is 96.1 Å². The fourth-order valence-electron chi connectivity index (χ4n) is 6.35. The maximum absolute atomic E-state index is 11.8. The molecular formula is C32H29N9O. The Balaban J connectivity index is 1.10. The van der Waals surface area contributed by atoms with Crippen LogP contribution in [-0.4, -0.2) is 61.6 Å². The van der Waals surface area contributed by atoms with Crippen molar-refractivity contribution in [3.63, 3.8) is 0 Å². The van der Waals surface area contributed by atoms with Crippen molar-refractivity contribution in [2.75, 3.05) is 31.1 Å². The van der Waals surface area contributed by atoms with Crippen molar-refractivity contribution in [1.82, 2.24) is 29.5 Å². The van der Waals surface area contributed by atoms with Gasteiger partial charge >= 0.3 is 0 Å². The Kier molecular flexibility index (Phi) is 6.36. The number of likely N-dealkylation sites (tertiary alicyclic amines) is 1. The third kappa shape index (κ3) is 4.74. The van der Waals surface area contributed by atoms with E-state index < -0.39 is 5.91 Å². The van der Waals surface area contributed by atoms with Crippen LogP contribution in [-0.2, 0) is 6.54 Å². The molecule has 208 valence electrons. The van der Waals surface area contributed by atoms with Crippen LogP contribution in [0.2, 0.25) is 0 Å². The van der Waals surface area contributed by atoms with E-state index in [0.29, 0.717) is 5.65 Å². The molecule has 0 saturated carbocycles. The summed E-state index contributed by atoms with van der Waals surface area (Å²) < 4.78 is 1.70. The van der Waals surface area contributed by atoms with Gasteiger partial charge < -0.3 is 10.6 Å². The summed E-state index contributed by atoms with van der Waals surface area (Å²) in [4.78, 5) is 30.0. The molecule has 3 aromatic heterocycles. The number of nitrogens with two attached hydrogens (primary N) is 1. The Hall–Kier alpha value is -5.14. The number of carbonyl (C=O) groups is 1. The fraction of sp³-hybridized carbons (Fsp3) is 0.250. The summed E-state index contributed by atoms with van der Waals surface area (Å²) in [5.41, 5.74) is 11.4. The first-order valence-corrected chi connectivity index (χ1v) is 14.1. The molecule has 42 heavy (non-hydrogen) atoms. The van der Waals surface area contributed by atoms with Crippen LogP contribution in [0.5, 0.6) is 0 Å². The molecule has 0 aliphatic carbocycles. The minimum absolute atomic E-state index is 0.191. The molecule has 5 aromatic rings. The lowest BCUT2D eigenvalue weighted by molar-refractivity contribution is 0.0994. The number of carbonyl (C=O) groups excluding carboxylic acids is 1. The average molecular weight is 556 g/mol. The predicted octanol–water partition coefficient (Wildman–Crippen LogP) is 3.93. The molecule has 2 fully saturated rings. The second kappa shape index (κ2) is 10.4. The van der Waals surface area contributed by atoms with E-state index in [0.717, 1.165) is 73.9 Å². The standard InChI is InChI=1S/C32H29N9O/c33-18-26-35-15-12-27(36-26)40-17-14-32(21-40)13-16-39(20-32)19-22-6-8-23(9-7-22)29-30(24-4-2-1-3-5-24)41-28(37-29)11-10-25(38-41)31(34)42/h1-12,15H,13-14,16-17,19-21H2,(H2,34,42)/t32-/m0/s1. The van der Waals surface area contributed by atoms with Gasteiger partial charge in [0.05, 0.1) is 5.69 Å². The summed E-state index contributed by atoms with van der Waals surface area (Å²) in [6.07, 6.45) is 3.94. The molecule has 2 aliphatic rings. The molecule has 1 spiro atoms. The van der Waals surface area contributed by atoms with E-state index in [1.807, 2.05) is 42.5 Å². The zero-order chi connectivity index (χ0) is 28.7. The van der Waals surface area contributed by atoms with Gasteiger partial charge in [0.25, 0.3) is 5.91 Å². The first-order chi connectivity index (χ1) is 20.5. The van der Waals surface area contributed by atoms with Crippen LogP contribution in [0.3, 0.4) is 0 Å². The smallest absolute Gasteiger partial charge is 0.269 e. The average Bonchev–Trinajstić information content (AvgIpc) is 3.74. The number of fused-ring (bicyclic) bond motifs is 1. The Morgan fingerprint density at radius 2 is 1.74 bits per heavy atom. The van der Waals surface area contributed by atoms with Crippen LogP contribution in [0.25, 0.3) is 28.2 Å². The normalized spacial score (nSPS) is 18.6. The largest absolute Gasteiger partial charge is 0.364 e. The maximum atomic E-state index is 11.8. The zero-order valence-corrected chi connectivity index (χ0v) is 23.0. The van der Waals surface area contributed by atoms with Gasteiger partial charge in [0.2, 0.25) is 5.82 Å². The highest BCUT2D eigenvalue weighted by atomic mass is 16.1. The first-order valence-electron chi connectivity index (χ1n) is 14.1. The number of hydrogen-bond donors (Lipinski definition) is 1. The van der Waals surface area contributed by atoms with Crippen molar-refractivity contribution < 1.29 is 4.79 Å². The van der Waals surface area contributed by atoms with Crippen molar-refractivity contribution in [2.45, 2.75) is 19.4 Å². The summed E-state index contributed by atoms with van der Waals surface area (Å²) in [7, 11) is 0. The molecule has 0 unspecified atom stereocenters. The molecule has 5 heterocycles. The van der Waals surface area contributed by atoms with Crippen LogP contribution < -0.4 is 10.6 Å². The van der Waals surface area contributed by atoms with E-state index in [4.69, 9.17) is 10.7 Å². The monoisotopic (exact) mass is 555 g/mol. The molecule has 1 amide bonds. The highest BCUT2D eigenvalue weighted by Gasteiger charge is 2.43. The Bertz CT molecular complexity index is 1830. The minimum Gasteiger partial charge on any atom is -0.364 e. The van der Waals surface area contributed by atoms with Gasteiger partial charge in [-0.05, 0) is 43.1 Å². The molecular weight excluding hydrogens is 526 g/mol. The van der Waals surface area contributed by atoms with Crippen LogP contribution >= 0.6 is 0 Å². The van der Waals surface area contributed by atoms with Crippen molar-refractivity contribution in [1.29, 1.82) is 5.26 Å². The summed E-state index contributed by atoms with van der Waals surface area (Å²) in [5.74, 6) is 0.484. The number of primary amides is 1. The van der Waals surface area contributed by atoms with Crippen molar-refractivity contribution in [2.24, 2.45) is 11.1 Å². The number of nitriles is 1.